The fourth-order valence-corrected chi connectivity index (χ4v) is 4.91. The first-order valence-corrected chi connectivity index (χ1v) is 10.3. The minimum atomic E-state index is -0.312. The number of rotatable bonds is 5. The number of methoxy groups -OCH3 is 1. The average Bonchev–Trinajstić information content (AvgIpc) is 2.99. The maximum atomic E-state index is 12.4. The molecule has 0 aliphatic heterocycles. The number of thiophene rings is 1. The quantitative estimate of drug-likeness (QED) is 0.548. The molecule has 1 aromatic heterocycles. The van der Waals surface area contributed by atoms with Crippen LogP contribution < -0.4 is 15.4 Å². The summed E-state index contributed by atoms with van der Waals surface area (Å²) in [5, 5.41) is 7.54. The van der Waals surface area contributed by atoms with Gasteiger partial charge in [-0.3, -0.25) is 0 Å². The summed E-state index contributed by atoms with van der Waals surface area (Å²) >= 11 is 7.05. The normalized spacial score (nSPS) is 15.6. The first-order valence-electron chi connectivity index (χ1n) is 9.05. The first kappa shape index (κ1) is 19.6. The third-order valence-corrected chi connectivity index (χ3v) is 5.93. The van der Waals surface area contributed by atoms with Crippen LogP contribution in [0.25, 0.3) is 0 Å². The molecule has 5 nitrogen and oxygen atoms in total. The Kier molecular flexibility index (Phi) is 6.34. The fourth-order valence-electron chi connectivity index (χ4n) is 3.22. The maximum absolute atomic E-state index is 12.4. The predicted molar refractivity (Wildman–Crippen MR) is 114 cm³/mol. The number of fused-ring (bicyclic) bond motifs is 1. The summed E-state index contributed by atoms with van der Waals surface area (Å²) in [4.78, 5) is 13.6. The van der Waals surface area contributed by atoms with Crippen molar-refractivity contribution in [3.63, 3.8) is 0 Å². The minimum absolute atomic E-state index is 0.312. The van der Waals surface area contributed by atoms with Crippen molar-refractivity contribution in [2.45, 2.75) is 33.1 Å². The predicted octanol–water partition coefficient (Wildman–Crippen LogP) is 4.87. The van der Waals surface area contributed by atoms with Crippen LogP contribution >= 0.6 is 23.6 Å². The molecule has 0 fully saturated rings. The lowest BCUT2D eigenvalue weighted by molar-refractivity contribution is 0.0601. The summed E-state index contributed by atoms with van der Waals surface area (Å²) in [6, 6.07) is 7.59. The topological polar surface area (TPSA) is 59.6 Å². The second-order valence-corrected chi connectivity index (χ2v) is 8.10. The van der Waals surface area contributed by atoms with Gasteiger partial charge in [0.1, 0.15) is 10.8 Å². The zero-order chi connectivity index (χ0) is 19.4. The number of ether oxygens (including phenoxy) is 2. The molecule has 0 saturated carbocycles. The van der Waals surface area contributed by atoms with E-state index < -0.39 is 0 Å². The van der Waals surface area contributed by atoms with Crippen LogP contribution in [-0.2, 0) is 17.6 Å². The van der Waals surface area contributed by atoms with Gasteiger partial charge in [-0.2, -0.15) is 0 Å². The molecule has 1 aromatic carbocycles. The van der Waals surface area contributed by atoms with Gasteiger partial charge in [-0.05, 0) is 74.2 Å². The Bertz CT molecular complexity index is 830. The summed E-state index contributed by atoms with van der Waals surface area (Å²) < 4.78 is 10.5. The van der Waals surface area contributed by atoms with Crippen LogP contribution in [0.1, 0.15) is 41.1 Å². The molecule has 1 aliphatic carbocycles. The van der Waals surface area contributed by atoms with Crippen LogP contribution in [-0.4, -0.2) is 24.8 Å². The van der Waals surface area contributed by atoms with Crippen LogP contribution in [0.3, 0.4) is 0 Å². The first-order chi connectivity index (χ1) is 13.0. The Balaban J connectivity index is 1.76. The van der Waals surface area contributed by atoms with E-state index in [0.717, 1.165) is 41.3 Å². The van der Waals surface area contributed by atoms with E-state index in [9.17, 15) is 4.79 Å². The lowest BCUT2D eigenvalue weighted by Crippen LogP contribution is -2.20. The highest BCUT2D eigenvalue weighted by Gasteiger charge is 2.28. The Hall–Kier alpha value is -2.12. The summed E-state index contributed by atoms with van der Waals surface area (Å²) in [7, 11) is 1.41. The second-order valence-electron chi connectivity index (χ2n) is 6.58. The Morgan fingerprint density at radius 3 is 2.70 bits per heavy atom. The SMILES string of the molecule is CCOc1ccc(NC(=S)Nc2sc3c(c2C(=O)OC)CCC(C)C3)cc1. The van der Waals surface area contributed by atoms with Crippen LogP contribution in [0.2, 0.25) is 0 Å². The maximum Gasteiger partial charge on any atom is 0.341 e. The van der Waals surface area contributed by atoms with E-state index >= 15 is 0 Å². The van der Waals surface area contributed by atoms with Crippen molar-refractivity contribution >= 4 is 45.3 Å². The van der Waals surface area contributed by atoms with E-state index in [-0.39, 0.29) is 5.97 Å². The van der Waals surface area contributed by atoms with Crippen LogP contribution in [0.4, 0.5) is 10.7 Å². The van der Waals surface area contributed by atoms with E-state index in [4.69, 9.17) is 21.7 Å². The summed E-state index contributed by atoms with van der Waals surface area (Å²) in [5.74, 6) is 1.13. The number of anilines is 2. The molecule has 144 valence electrons. The molecule has 0 bridgehead atoms. The second kappa shape index (κ2) is 8.71. The van der Waals surface area contributed by atoms with Crippen molar-refractivity contribution in [3.05, 3.63) is 40.3 Å². The van der Waals surface area contributed by atoms with E-state index in [2.05, 4.69) is 17.6 Å². The minimum Gasteiger partial charge on any atom is -0.494 e. The number of nitrogens with one attached hydrogen (secondary N) is 2. The lowest BCUT2D eigenvalue weighted by Gasteiger charge is -2.18. The molecule has 1 unspecified atom stereocenters. The molecular formula is C20H24N2O3S2. The molecule has 1 aliphatic rings. The smallest absolute Gasteiger partial charge is 0.341 e. The molecule has 2 N–H and O–H groups in total. The van der Waals surface area contributed by atoms with Gasteiger partial charge in [0.2, 0.25) is 0 Å². The van der Waals surface area contributed by atoms with Gasteiger partial charge in [-0.15, -0.1) is 11.3 Å². The zero-order valence-electron chi connectivity index (χ0n) is 15.8. The Morgan fingerprint density at radius 1 is 1.30 bits per heavy atom. The van der Waals surface area contributed by atoms with Gasteiger partial charge >= 0.3 is 5.97 Å². The number of thiocarbonyl (C=S) groups is 1. The van der Waals surface area contributed by atoms with Crippen molar-refractivity contribution in [2.24, 2.45) is 5.92 Å². The van der Waals surface area contributed by atoms with E-state index in [1.54, 1.807) is 11.3 Å². The number of benzene rings is 1. The highest BCUT2D eigenvalue weighted by atomic mass is 32.1. The summed E-state index contributed by atoms with van der Waals surface area (Å²) in [6.45, 7) is 4.82. The van der Waals surface area contributed by atoms with Crippen molar-refractivity contribution in [1.29, 1.82) is 0 Å². The molecule has 0 spiro atoms. The van der Waals surface area contributed by atoms with E-state index in [1.807, 2.05) is 31.2 Å². The van der Waals surface area contributed by atoms with Crippen LogP contribution in [0.15, 0.2) is 24.3 Å². The number of hydrogen-bond donors (Lipinski definition) is 2. The van der Waals surface area contributed by atoms with Gasteiger partial charge < -0.3 is 20.1 Å². The molecule has 1 heterocycles. The summed E-state index contributed by atoms with van der Waals surface area (Å²) in [5.41, 5.74) is 2.59. The standard InChI is InChI=1S/C20H24N2O3S2/c1-4-25-14-8-6-13(7-9-14)21-20(26)22-18-17(19(23)24-3)15-10-5-12(2)11-16(15)27-18/h6-9,12H,4-5,10-11H2,1-3H3,(H2,21,22,26). The van der Waals surface area contributed by atoms with Gasteiger partial charge in [-0.1, -0.05) is 6.92 Å². The molecule has 0 radical (unpaired) electrons. The third kappa shape index (κ3) is 4.59. The van der Waals surface area contributed by atoms with Crippen molar-refractivity contribution in [1.82, 2.24) is 0 Å². The number of esters is 1. The molecule has 2 aromatic rings. The van der Waals surface area contributed by atoms with Gasteiger partial charge in [-0.25, -0.2) is 4.79 Å². The average molecular weight is 405 g/mol. The highest BCUT2D eigenvalue weighted by Crippen LogP contribution is 2.40. The number of carbonyl (C=O) groups excluding carboxylic acids is 1. The van der Waals surface area contributed by atoms with Gasteiger partial charge in [0.15, 0.2) is 5.11 Å². The number of hydrogen-bond acceptors (Lipinski definition) is 5. The third-order valence-electron chi connectivity index (χ3n) is 4.55. The van der Waals surface area contributed by atoms with Gasteiger partial charge in [0.25, 0.3) is 0 Å². The Morgan fingerprint density at radius 2 is 2.04 bits per heavy atom. The molecule has 0 amide bonds. The molecule has 1 atom stereocenters. The van der Waals surface area contributed by atoms with Gasteiger partial charge in [0.05, 0.1) is 19.3 Å². The molecule has 7 heteroatoms. The van der Waals surface area contributed by atoms with Gasteiger partial charge in [0, 0.05) is 10.6 Å². The lowest BCUT2D eigenvalue weighted by atomic mass is 9.88. The van der Waals surface area contributed by atoms with Crippen molar-refractivity contribution in [2.75, 3.05) is 24.4 Å². The monoisotopic (exact) mass is 404 g/mol. The summed E-state index contributed by atoms with van der Waals surface area (Å²) in [6.07, 6.45) is 2.98. The molecule has 3 rings (SSSR count). The van der Waals surface area contributed by atoms with Crippen LogP contribution in [0, 0.1) is 5.92 Å². The van der Waals surface area contributed by atoms with Crippen molar-refractivity contribution < 1.29 is 14.3 Å². The Labute approximate surface area is 169 Å². The highest BCUT2D eigenvalue weighted by molar-refractivity contribution is 7.80. The van der Waals surface area contributed by atoms with E-state index in [0.29, 0.717) is 23.2 Å². The molecular weight excluding hydrogens is 380 g/mol. The van der Waals surface area contributed by atoms with E-state index in [1.165, 1.54) is 12.0 Å². The number of carbonyl (C=O) groups is 1. The zero-order valence-corrected chi connectivity index (χ0v) is 17.4. The fraction of sp³-hybridized carbons (Fsp3) is 0.400. The largest absolute Gasteiger partial charge is 0.494 e. The van der Waals surface area contributed by atoms with Crippen LogP contribution in [0.5, 0.6) is 5.75 Å². The molecule has 27 heavy (non-hydrogen) atoms. The molecule has 0 saturated heterocycles. The van der Waals surface area contributed by atoms with Crippen molar-refractivity contribution in [3.8, 4) is 5.75 Å².